The molecular weight excluding hydrogens is 289 g/mol. The van der Waals surface area contributed by atoms with Gasteiger partial charge in [-0.15, -0.1) is 11.3 Å². The first-order chi connectivity index (χ1) is 8.38. The van der Waals surface area contributed by atoms with Crippen LogP contribution in [0.15, 0.2) is 29.2 Å². The average Bonchev–Trinajstić information content (AvgIpc) is 2.65. The third kappa shape index (κ3) is 2.73. The summed E-state index contributed by atoms with van der Waals surface area (Å²) in [5.41, 5.74) is -1.70. The van der Waals surface area contributed by atoms with Crippen LogP contribution in [0.2, 0.25) is 4.47 Å². The van der Waals surface area contributed by atoms with Gasteiger partial charge in [-0.3, -0.25) is 9.36 Å². The lowest BCUT2D eigenvalue weighted by Gasteiger charge is -2.13. The van der Waals surface area contributed by atoms with E-state index in [1.165, 1.54) is 6.20 Å². The Morgan fingerprint density at radius 1 is 1.39 bits per heavy atom. The van der Waals surface area contributed by atoms with Crippen LogP contribution in [0.4, 0.5) is 13.2 Å². The van der Waals surface area contributed by atoms with E-state index in [1.54, 1.807) is 0 Å². The third-order valence-corrected chi connectivity index (χ3v) is 3.28. The largest absolute Gasteiger partial charge is 0.431 e. The Kier molecular flexibility index (Phi) is 3.45. The topological polar surface area (TPSA) is 34.9 Å². The normalized spacial score (nSPS) is 11.8. The van der Waals surface area contributed by atoms with Crippen LogP contribution < -0.4 is 5.56 Å². The van der Waals surface area contributed by atoms with Crippen LogP contribution in [-0.2, 0) is 12.7 Å². The molecule has 0 aliphatic rings. The van der Waals surface area contributed by atoms with Crippen molar-refractivity contribution in [3.63, 3.8) is 0 Å². The van der Waals surface area contributed by atoms with Gasteiger partial charge in [0.2, 0.25) is 0 Å². The zero-order valence-corrected chi connectivity index (χ0v) is 10.3. The van der Waals surface area contributed by atoms with Crippen molar-refractivity contribution in [3.8, 4) is 0 Å². The van der Waals surface area contributed by atoms with Crippen molar-refractivity contribution in [1.82, 2.24) is 9.55 Å². The standard InChI is InChI=1S/C10H6ClF3N2OS/c11-9-15-4-6(18-9)5-16-7(10(12,13)14)2-1-3-8(16)17/h1-4H,5H2. The van der Waals surface area contributed by atoms with E-state index in [-0.39, 0.29) is 11.0 Å². The van der Waals surface area contributed by atoms with Gasteiger partial charge < -0.3 is 0 Å². The van der Waals surface area contributed by atoms with Gasteiger partial charge in [0.1, 0.15) is 5.69 Å². The zero-order valence-electron chi connectivity index (χ0n) is 8.74. The Balaban J connectivity index is 2.47. The Morgan fingerprint density at radius 2 is 2.11 bits per heavy atom. The molecule has 0 aliphatic heterocycles. The maximum atomic E-state index is 12.7. The molecular formula is C10H6ClF3N2OS. The van der Waals surface area contributed by atoms with E-state index in [4.69, 9.17) is 11.6 Å². The second-order valence-corrected chi connectivity index (χ2v) is 5.11. The Morgan fingerprint density at radius 3 is 2.67 bits per heavy atom. The summed E-state index contributed by atoms with van der Waals surface area (Å²) in [7, 11) is 0. The predicted octanol–water partition coefficient (Wildman–Crippen LogP) is 3.03. The highest BCUT2D eigenvalue weighted by atomic mass is 35.5. The van der Waals surface area contributed by atoms with E-state index in [0.717, 1.165) is 29.5 Å². The fourth-order valence-corrected chi connectivity index (χ4v) is 2.41. The van der Waals surface area contributed by atoms with E-state index in [1.807, 2.05) is 0 Å². The van der Waals surface area contributed by atoms with Crippen LogP contribution in [0.25, 0.3) is 0 Å². The number of pyridine rings is 1. The first kappa shape index (κ1) is 13.1. The fraction of sp³-hybridized carbons (Fsp3) is 0.200. The van der Waals surface area contributed by atoms with E-state index in [2.05, 4.69) is 4.98 Å². The summed E-state index contributed by atoms with van der Waals surface area (Å²) in [4.78, 5) is 15.7. The maximum Gasteiger partial charge on any atom is 0.431 e. The van der Waals surface area contributed by atoms with Gasteiger partial charge in [0.25, 0.3) is 5.56 Å². The number of alkyl halides is 3. The summed E-state index contributed by atoms with van der Waals surface area (Å²) in [5, 5.41) is 0. The summed E-state index contributed by atoms with van der Waals surface area (Å²) in [6.45, 7) is -0.196. The van der Waals surface area contributed by atoms with Gasteiger partial charge >= 0.3 is 6.18 Å². The van der Waals surface area contributed by atoms with E-state index in [9.17, 15) is 18.0 Å². The van der Waals surface area contributed by atoms with E-state index >= 15 is 0 Å². The minimum atomic E-state index is -4.57. The Bertz CT molecular complexity index is 620. The SMILES string of the molecule is O=c1cccc(C(F)(F)F)n1Cc1cnc(Cl)s1. The van der Waals surface area contributed by atoms with Gasteiger partial charge in [0.05, 0.1) is 6.54 Å². The van der Waals surface area contributed by atoms with Crippen molar-refractivity contribution in [1.29, 1.82) is 0 Å². The molecule has 0 spiro atoms. The highest BCUT2D eigenvalue weighted by molar-refractivity contribution is 7.15. The summed E-state index contributed by atoms with van der Waals surface area (Å²) >= 11 is 6.63. The molecule has 0 aliphatic carbocycles. The number of rotatable bonds is 2. The summed E-state index contributed by atoms with van der Waals surface area (Å²) in [6, 6.07) is 3.03. The second-order valence-electron chi connectivity index (χ2n) is 3.41. The molecule has 0 aromatic carbocycles. The van der Waals surface area contributed by atoms with Gasteiger partial charge in [0, 0.05) is 17.1 Å². The summed E-state index contributed by atoms with van der Waals surface area (Å²) in [5.74, 6) is 0. The lowest BCUT2D eigenvalue weighted by atomic mass is 10.3. The third-order valence-electron chi connectivity index (χ3n) is 2.18. The van der Waals surface area contributed by atoms with Gasteiger partial charge in [-0.05, 0) is 6.07 Å². The molecule has 2 aromatic rings. The molecule has 0 unspecified atom stereocenters. The van der Waals surface area contributed by atoms with Crippen molar-refractivity contribution in [2.75, 3.05) is 0 Å². The van der Waals surface area contributed by atoms with Crippen LogP contribution >= 0.6 is 22.9 Å². The van der Waals surface area contributed by atoms with Gasteiger partial charge in [-0.2, -0.15) is 13.2 Å². The van der Waals surface area contributed by atoms with Gasteiger partial charge in [0.15, 0.2) is 4.47 Å². The highest BCUT2D eigenvalue weighted by Crippen LogP contribution is 2.29. The van der Waals surface area contributed by atoms with Crippen LogP contribution in [0.1, 0.15) is 10.6 Å². The van der Waals surface area contributed by atoms with E-state index in [0.29, 0.717) is 9.44 Å². The number of halogens is 4. The molecule has 96 valence electrons. The molecule has 0 radical (unpaired) electrons. The van der Waals surface area contributed by atoms with Crippen molar-refractivity contribution in [2.45, 2.75) is 12.7 Å². The van der Waals surface area contributed by atoms with Crippen molar-refractivity contribution < 1.29 is 13.2 Å². The van der Waals surface area contributed by atoms with Gasteiger partial charge in [-0.1, -0.05) is 17.7 Å². The van der Waals surface area contributed by atoms with Crippen molar-refractivity contribution in [3.05, 3.63) is 49.8 Å². The van der Waals surface area contributed by atoms with Crippen LogP contribution in [-0.4, -0.2) is 9.55 Å². The second kappa shape index (κ2) is 4.74. The maximum absolute atomic E-state index is 12.7. The first-order valence-electron chi connectivity index (χ1n) is 4.75. The molecule has 0 atom stereocenters. The number of thiazole rings is 1. The van der Waals surface area contributed by atoms with E-state index < -0.39 is 17.4 Å². The molecule has 3 nitrogen and oxygen atoms in total. The van der Waals surface area contributed by atoms with Crippen LogP contribution in [0, 0.1) is 0 Å². The molecule has 2 heterocycles. The highest BCUT2D eigenvalue weighted by Gasteiger charge is 2.34. The minimum Gasteiger partial charge on any atom is -0.299 e. The molecule has 2 aromatic heterocycles. The number of nitrogens with zero attached hydrogens (tertiary/aromatic N) is 2. The minimum absolute atomic E-state index is 0.196. The number of hydrogen-bond acceptors (Lipinski definition) is 3. The van der Waals surface area contributed by atoms with Gasteiger partial charge in [-0.25, -0.2) is 4.98 Å². The van der Waals surface area contributed by atoms with Crippen molar-refractivity contribution in [2.24, 2.45) is 0 Å². The molecule has 8 heteroatoms. The van der Waals surface area contributed by atoms with Crippen molar-refractivity contribution >= 4 is 22.9 Å². The average molecular weight is 295 g/mol. The molecule has 0 saturated heterocycles. The molecule has 0 bridgehead atoms. The molecule has 0 amide bonds. The smallest absolute Gasteiger partial charge is 0.299 e. The summed E-state index contributed by atoms with van der Waals surface area (Å²) in [6.07, 6.45) is -3.22. The Hall–Kier alpha value is -1.34. The first-order valence-corrected chi connectivity index (χ1v) is 5.94. The molecule has 18 heavy (non-hydrogen) atoms. The quantitative estimate of drug-likeness (QED) is 0.853. The summed E-state index contributed by atoms with van der Waals surface area (Å²) < 4.78 is 39.1. The van der Waals surface area contributed by atoms with Crippen LogP contribution in [0.3, 0.4) is 0 Å². The zero-order chi connectivity index (χ0) is 13.3. The molecule has 0 fully saturated rings. The fourth-order valence-electron chi connectivity index (χ4n) is 1.44. The monoisotopic (exact) mass is 294 g/mol. The molecule has 2 rings (SSSR count). The number of hydrogen-bond donors (Lipinski definition) is 0. The van der Waals surface area contributed by atoms with Crippen LogP contribution in [0.5, 0.6) is 0 Å². The molecule has 0 N–H and O–H groups in total. The predicted molar refractivity (Wildman–Crippen MR) is 61.9 cm³/mol. The molecule has 0 saturated carbocycles. The lowest BCUT2D eigenvalue weighted by molar-refractivity contribution is -0.144. The Labute approximate surface area is 108 Å². The number of aromatic nitrogens is 2. The lowest BCUT2D eigenvalue weighted by Crippen LogP contribution is -2.27.